The van der Waals surface area contributed by atoms with Crippen LogP contribution < -0.4 is 10.5 Å². The van der Waals surface area contributed by atoms with E-state index in [0.29, 0.717) is 24.1 Å². The monoisotopic (exact) mass is 404 g/mol. The molecule has 30 heavy (non-hydrogen) atoms. The lowest BCUT2D eigenvalue weighted by Gasteiger charge is -2.32. The molecule has 5 rings (SSSR count). The Hall–Kier alpha value is -3.89. The van der Waals surface area contributed by atoms with Gasteiger partial charge in [-0.25, -0.2) is 24.0 Å². The topological polar surface area (TPSA) is 112 Å². The van der Waals surface area contributed by atoms with E-state index in [-0.39, 0.29) is 5.56 Å². The van der Waals surface area contributed by atoms with Crippen LogP contribution >= 0.6 is 0 Å². The Labute approximate surface area is 171 Å². The second-order valence-corrected chi connectivity index (χ2v) is 7.17. The molecule has 0 aromatic carbocycles. The number of rotatable bonds is 5. The third-order valence-electron chi connectivity index (χ3n) is 5.22. The van der Waals surface area contributed by atoms with Crippen molar-refractivity contribution in [2.45, 2.75) is 19.4 Å². The van der Waals surface area contributed by atoms with Gasteiger partial charge in [0.15, 0.2) is 11.6 Å². The van der Waals surface area contributed by atoms with Gasteiger partial charge in [0, 0.05) is 38.1 Å². The second-order valence-electron chi connectivity index (χ2n) is 7.17. The third-order valence-corrected chi connectivity index (χ3v) is 5.22. The summed E-state index contributed by atoms with van der Waals surface area (Å²) < 4.78 is 4.77. The summed E-state index contributed by atoms with van der Waals surface area (Å²) >= 11 is 0. The summed E-state index contributed by atoms with van der Waals surface area (Å²) in [6, 6.07) is 5.03. The van der Waals surface area contributed by atoms with E-state index < -0.39 is 0 Å². The van der Waals surface area contributed by atoms with Crippen LogP contribution in [-0.2, 0) is 6.54 Å². The SMILES string of the molecule is O=c1ccc(-n2cncn2)nn1CC1CCN(c2cncc(-n3cccn3)n2)CC1. The van der Waals surface area contributed by atoms with Crippen LogP contribution in [0.15, 0.2) is 60.4 Å². The normalized spacial score (nSPS) is 14.9. The smallest absolute Gasteiger partial charge is 0.266 e. The highest BCUT2D eigenvalue weighted by molar-refractivity contribution is 5.39. The van der Waals surface area contributed by atoms with Gasteiger partial charge >= 0.3 is 0 Å². The molecule has 0 unspecified atom stereocenters. The van der Waals surface area contributed by atoms with Crippen LogP contribution in [-0.4, -0.2) is 57.4 Å². The fourth-order valence-electron chi connectivity index (χ4n) is 3.62. The minimum absolute atomic E-state index is 0.112. The summed E-state index contributed by atoms with van der Waals surface area (Å²) in [6.45, 7) is 2.27. The lowest BCUT2D eigenvalue weighted by atomic mass is 9.97. The van der Waals surface area contributed by atoms with Crippen molar-refractivity contribution >= 4 is 5.82 Å². The quantitative estimate of drug-likeness (QED) is 0.478. The molecule has 152 valence electrons. The molecule has 0 saturated carbocycles. The number of nitrogens with zero attached hydrogens (tertiary/aromatic N) is 10. The van der Waals surface area contributed by atoms with Gasteiger partial charge in [-0.05, 0) is 30.9 Å². The largest absolute Gasteiger partial charge is 0.355 e. The Kier molecular flexibility index (Phi) is 4.75. The number of anilines is 1. The first-order valence-electron chi connectivity index (χ1n) is 9.76. The summed E-state index contributed by atoms with van der Waals surface area (Å²) in [5, 5.41) is 12.7. The molecule has 4 aromatic rings. The van der Waals surface area contributed by atoms with Crippen molar-refractivity contribution in [1.82, 2.24) is 44.3 Å². The summed E-state index contributed by atoms with van der Waals surface area (Å²) in [6.07, 6.45) is 11.9. The van der Waals surface area contributed by atoms with Crippen LogP contribution in [0.3, 0.4) is 0 Å². The fourth-order valence-corrected chi connectivity index (χ4v) is 3.62. The summed E-state index contributed by atoms with van der Waals surface area (Å²) in [5.74, 6) is 2.47. The van der Waals surface area contributed by atoms with Gasteiger partial charge in [0.2, 0.25) is 0 Å². The van der Waals surface area contributed by atoms with Crippen LogP contribution in [0.1, 0.15) is 12.8 Å². The first-order valence-corrected chi connectivity index (χ1v) is 9.76. The predicted octanol–water partition coefficient (Wildman–Crippen LogP) is 0.716. The van der Waals surface area contributed by atoms with Crippen molar-refractivity contribution in [3.05, 3.63) is 66.0 Å². The van der Waals surface area contributed by atoms with E-state index in [1.807, 2.05) is 12.3 Å². The van der Waals surface area contributed by atoms with Crippen molar-refractivity contribution in [1.29, 1.82) is 0 Å². The molecule has 1 aliphatic rings. The van der Waals surface area contributed by atoms with Crippen molar-refractivity contribution in [3.63, 3.8) is 0 Å². The molecule has 1 aliphatic heterocycles. The highest BCUT2D eigenvalue weighted by atomic mass is 16.1. The Balaban J connectivity index is 1.25. The minimum atomic E-state index is -0.112. The van der Waals surface area contributed by atoms with Crippen LogP contribution in [0.4, 0.5) is 5.82 Å². The van der Waals surface area contributed by atoms with E-state index in [4.69, 9.17) is 0 Å². The molecule has 5 heterocycles. The van der Waals surface area contributed by atoms with Crippen molar-refractivity contribution in [3.8, 4) is 11.6 Å². The molecule has 11 heteroatoms. The van der Waals surface area contributed by atoms with E-state index in [2.05, 4.69) is 35.1 Å². The molecule has 11 nitrogen and oxygen atoms in total. The first-order chi connectivity index (χ1) is 14.8. The van der Waals surface area contributed by atoms with E-state index in [9.17, 15) is 4.79 Å². The van der Waals surface area contributed by atoms with Gasteiger partial charge in [0.25, 0.3) is 5.56 Å². The van der Waals surface area contributed by atoms with Crippen LogP contribution in [0.25, 0.3) is 11.6 Å². The molecule has 4 aromatic heterocycles. The number of hydrogen-bond donors (Lipinski definition) is 0. The summed E-state index contributed by atoms with van der Waals surface area (Å²) in [7, 11) is 0. The van der Waals surface area contributed by atoms with E-state index in [1.165, 1.54) is 17.1 Å². The van der Waals surface area contributed by atoms with Gasteiger partial charge in [0.1, 0.15) is 18.5 Å². The molecule has 0 radical (unpaired) electrons. The molecule has 0 spiro atoms. The van der Waals surface area contributed by atoms with Crippen molar-refractivity contribution in [2.24, 2.45) is 5.92 Å². The lowest BCUT2D eigenvalue weighted by molar-refractivity contribution is 0.333. The molecule has 0 aliphatic carbocycles. The van der Waals surface area contributed by atoms with Crippen LogP contribution in [0.5, 0.6) is 0 Å². The van der Waals surface area contributed by atoms with Crippen molar-refractivity contribution < 1.29 is 0 Å². The summed E-state index contributed by atoms with van der Waals surface area (Å²) in [4.78, 5) is 27.4. The zero-order valence-electron chi connectivity index (χ0n) is 16.2. The van der Waals surface area contributed by atoms with E-state index >= 15 is 0 Å². The highest BCUT2D eigenvalue weighted by Crippen LogP contribution is 2.23. The van der Waals surface area contributed by atoms with Gasteiger partial charge < -0.3 is 4.90 Å². The van der Waals surface area contributed by atoms with Gasteiger partial charge in [0.05, 0.1) is 12.4 Å². The van der Waals surface area contributed by atoms with Gasteiger partial charge in [-0.3, -0.25) is 9.78 Å². The maximum absolute atomic E-state index is 12.3. The number of piperidine rings is 1. The maximum Gasteiger partial charge on any atom is 0.266 e. The first kappa shape index (κ1) is 18.2. The standard InChI is InChI=1S/C19H20N10O/c30-19-3-2-16(29-14-21-13-23-29)25-28(19)12-15-4-8-26(9-5-15)17-10-20-11-18(24-17)27-7-1-6-22-27/h1-3,6-7,10-11,13-15H,4-5,8-9,12H2. The Morgan fingerprint density at radius 2 is 1.83 bits per heavy atom. The van der Waals surface area contributed by atoms with Gasteiger partial charge in [-0.2, -0.15) is 10.2 Å². The molecular weight excluding hydrogens is 384 g/mol. The van der Waals surface area contributed by atoms with Crippen LogP contribution in [0.2, 0.25) is 0 Å². The third kappa shape index (κ3) is 3.69. The number of hydrogen-bond acceptors (Lipinski definition) is 8. The average Bonchev–Trinajstić information content (AvgIpc) is 3.51. The van der Waals surface area contributed by atoms with Gasteiger partial charge in [-0.1, -0.05) is 0 Å². The Morgan fingerprint density at radius 3 is 2.60 bits per heavy atom. The van der Waals surface area contributed by atoms with Gasteiger partial charge in [-0.15, -0.1) is 5.10 Å². The van der Waals surface area contributed by atoms with E-state index in [1.54, 1.807) is 40.3 Å². The minimum Gasteiger partial charge on any atom is -0.355 e. The van der Waals surface area contributed by atoms with E-state index in [0.717, 1.165) is 31.7 Å². The molecule has 1 saturated heterocycles. The molecule has 0 atom stereocenters. The van der Waals surface area contributed by atoms with Crippen LogP contribution in [0, 0.1) is 5.92 Å². The fraction of sp³-hybridized carbons (Fsp3) is 0.316. The average molecular weight is 404 g/mol. The molecular formula is C19H20N10O. The molecule has 0 bridgehead atoms. The molecule has 0 amide bonds. The Morgan fingerprint density at radius 1 is 0.967 bits per heavy atom. The lowest BCUT2D eigenvalue weighted by Crippen LogP contribution is -2.37. The zero-order valence-corrected chi connectivity index (χ0v) is 16.2. The zero-order chi connectivity index (χ0) is 20.3. The Bertz CT molecular complexity index is 1160. The predicted molar refractivity (Wildman–Crippen MR) is 108 cm³/mol. The number of aromatic nitrogens is 9. The second kappa shape index (κ2) is 7.85. The molecule has 0 N–H and O–H groups in total. The van der Waals surface area contributed by atoms with Crippen molar-refractivity contribution in [2.75, 3.05) is 18.0 Å². The summed E-state index contributed by atoms with van der Waals surface area (Å²) in [5.41, 5.74) is -0.112. The highest BCUT2D eigenvalue weighted by Gasteiger charge is 2.22. The maximum atomic E-state index is 12.3. The molecule has 1 fully saturated rings.